The summed E-state index contributed by atoms with van der Waals surface area (Å²) in [5.74, 6) is -0.351. The Morgan fingerprint density at radius 3 is 2.80 bits per heavy atom. The molecule has 0 saturated heterocycles. The molecule has 0 atom stereocenters. The maximum absolute atomic E-state index is 13.6. The molecule has 0 unspecified atom stereocenters. The van der Waals surface area contributed by atoms with Crippen molar-refractivity contribution >= 4 is 27.3 Å². The normalized spacial score (nSPS) is 10.3. The number of aryl methyl sites for hydroxylation is 1. The molecule has 2 aromatic rings. The van der Waals surface area contributed by atoms with Gasteiger partial charge >= 0.3 is 0 Å². The molecule has 2 rings (SSSR count). The fourth-order valence-corrected chi connectivity index (χ4v) is 2.32. The predicted octanol–water partition coefficient (Wildman–Crippen LogP) is 4.42. The first kappa shape index (κ1) is 14.5. The molecule has 104 valence electrons. The van der Waals surface area contributed by atoms with Gasteiger partial charge in [0.25, 0.3) is 5.69 Å². The van der Waals surface area contributed by atoms with Crippen LogP contribution in [0.4, 0.5) is 15.8 Å². The monoisotopic (exact) mass is 338 g/mol. The third-order valence-corrected chi connectivity index (χ3v) is 3.39. The van der Waals surface area contributed by atoms with Crippen molar-refractivity contribution in [3.05, 3.63) is 67.9 Å². The Kier molecular flexibility index (Phi) is 4.34. The van der Waals surface area contributed by atoms with Crippen LogP contribution in [-0.2, 0) is 6.54 Å². The molecule has 0 amide bonds. The minimum absolute atomic E-state index is 0.0166. The number of nitro benzene ring substituents is 1. The van der Waals surface area contributed by atoms with E-state index >= 15 is 0 Å². The van der Waals surface area contributed by atoms with Gasteiger partial charge in [-0.25, -0.2) is 4.39 Å². The van der Waals surface area contributed by atoms with E-state index in [1.54, 1.807) is 37.3 Å². The second-order valence-electron chi connectivity index (χ2n) is 4.32. The molecule has 0 spiro atoms. The van der Waals surface area contributed by atoms with E-state index in [9.17, 15) is 14.5 Å². The molecule has 1 N–H and O–H groups in total. The zero-order valence-corrected chi connectivity index (χ0v) is 12.3. The number of benzene rings is 2. The van der Waals surface area contributed by atoms with E-state index in [0.29, 0.717) is 16.8 Å². The van der Waals surface area contributed by atoms with E-state index in [4.69, 9.17) is 0 Å². The van der Waals surface area contributed by atoms with Gasteiger partial charge in [0.15, 0.2) is 0 Å². The number of nitro groups is 1. The summed E-state index contributed by atoms with van der Waals surface area (Å²) >= 11 is 3.27. The van der Waals surface area contributed by atoms with Crippen molar-refractivity contribution in [2.45, 2.75) is 13.5 Å². The number of halogens is 2. The minimum atomic E-state index is -0.436. The maximum Gasteiger partial charge on any atom is 0.295 e. The molecule has 0 aliphatic rings. The molecule has 20 heavy (non-hydrogen) atoms. The molecule has 4 nitrogen and oxygen atoms in total. The summed E-state index contributed by atoms with van der Waals surface area (Å²) in [4.78, 5) is 10.6. The predicted molar refractivity (Wildman–Crippen MR) is 79.3 cm³/mol. The van der Waals surface area contributed by atoms with Gasteiger partial charge in [0.1, 0.15) is 11.5 Å². The van der Waals surface area contributed by atoms with E-state index in [1.807, 2.05) is 0 Å². The smallest absolute Gasteiger partial charge is 0.295 e. The van der Waals surface area contributed by atoms with Crippen molar-refractivity contribution in [1.29, 1.82) is 0 Å². The highest BCUT2D eigenvalue weighted by molar-refractivity contribution is 9.10. The van der Waals surface area contributed by atoms with Crippen molar-refractivity contribution in [3.8, 4) is 0 Å². The Morgan fingerprint density at radius 1 is 1.35 bits per heavy atom. The van der Waals surface area contributed by atoms with Gasteiger partial charge in [-0.3, -0.25) is 10.1 Å². The molecule has 0 fully saturated rings. The van der Waals surface area contributed by atoms with E-state index in [-0.39, 0.29) is 18.0 Å². The molecule has 0 bridgehead atoms. The van der Waals surface area contributed by atoms with Crippen molar-refractivity contribution in [2.24, 2.45) is 0 Å². The number of nitrogens with zero attached hydrogens (tertiary/aromatic N) is 1. The molecule has 0 saturated carbocycles. The Hall–Kier alpha value is -1.95. The van der Waals surface area contributed by atoms with Crippen LogP contribution in [0.25, 0.3) is 0 Å². The van der Waals surface area contributed by atoms with Crippen LogP contribution in [0, 0.1) is 22.9 Å². The summed E-state index contributed by atoms with van der Waals surface area (Å²) in [6.07, 6.45) is 0. The Labute approximate surface area is 123 Å². The second-order valence-corrected chi connectivity index (χ2v) is 5.23. The second kappa shape index (κ2) is 6.00. The lowest BCUT2D eigenvalue weighted by Gasteiger charge is -2.09. The molecule has 0 aliphatic heterocycles. The van der Waals surface area contributed by atoms with Crippen molar-refractivity contribution in [3.63, 3.8) is 0 Å². The van der Waals surface area contributed by atoms with Crippen LogP contribution < -0.4 is 5.32 Å². The highest BCUT2D eigenvalue weighted by Gasteiger charge is 2.16. The lowest BCUT2D eigenvalue weighted by molar-refractivity contribution is -0.384. The number of hydrogen-bond donors (Lipinski definition) is 1. The summed E-state index contributed by atoms with van der Waals surface area (Å²) in [6, 6.07) is 9.61. The minimum Gasteiger partial charge on any atom is -0.375 e. The first-order valence-electron chi connectivity index (χ1n) is 5.91. The molecular weight excluding hydrogens is 327 g/mol. The van der Waals surface area contributed by atoms with Crippen LogP contribution in [0.1, 0.15) is 11.1 Å². The quantitative estimate of drug-likeness (QED) is 0.663. The molecule has 6 heteroatoms. The summed E-state index contributed by atoms with van der Waals surface area (Å²) in [5, 5.41) is 14.0. The largest absolute Gasteiger partial charge is 0.375 e. The zero-order valence-electron chi connectivity index (χ0n) is 10.7. The van der Waals surface area contributed by atoms with Gasteiger partial charge in [-0.15, -0.1) is 0 Å². The number of para-hydroxylation sites is 1. The van der Waals surface area contributed by atoms with Crippen molar-refractivity contribution in [1.82, 2.24) is 0 Å². The number of rotatable bonds is 4. The van der Waals surface area contributed by atoms with Crippen LogP contribution in [-0.4, -0.2) is 4.92 Å². The molecule has 0 aromatic heterocycles. The standard InChI is InChI=1S/C14H12BrFN2O2/c1-9-3-2-4-13(14(9)18(19)20)17-8-10-7-11(15)5-6-12(10)16/h2-7,17H,8H2,1H3. The summed E-state index contributed by atoms with van der Waals surface area (Å²) < 4.78 is 14.4. The van der Waals surface area contributed by atoms with Crippen LogP contribution in [0.3, 0.4) is 0 Å². The Bertz CT molecular complexity index is 662. The number of anilines is 1. The average Bonchev–Trinajstić information content (AvgIpc) is 2.39. The van der Waals surface area contributed by atoms with Gasteiger partial charge in [0.05, 0.1) is 4.92 Å². The van der Waals surface area contributed by atoms with Crippen LogP contribution in [0.2, 0.25) is 0 Å². The summed E-state index contributed by atoms with van der Waals surface area (Å²) in [7, 11) is 0. The van der Waals surface area contributed by atoms with Gasteiger partial charge < -0.3 is 5.32 Å². The fourth-order valence-electron chi connectivity index (χ4n) is 1.91. The molecule has 2 aromatic carbocycles. The van der Waals surface area contributed by atoms with Crippen molar-refractivity contribution < 1.29 is 9.31 Å². The third-order valence-electron chi connectivity index (χ3n) is 2.90. The lowest BCUT2D eigenvalue weighted by atomic mass is 10.1. The summed E-state index contributed by atoms with van der Waals surface area (Å²) in [6.45, 7) is 1.85. The topological polar surface area (TPSA) is 55.2 Å². The molecule has 0 heterocycles. The van der Waals surface area contributed by atoms with Crippen molar-refractivity contribution in [2.75, 3.05) is 5.32 Å². The maximum atomic E-state index is 13.6. The van der Waals surface area contributed by atoms with Crippen LogP contribution >= 0.6 is 15.9 Å². The van der Waals surface area contributed by atoms with Gasteiger partial charge in [-0.1, -0.05) is 28.1 Å². The number of hydrogen-bond acceptors (Lipinski definition) is 3. The highest BCUT2D eigenvalue weighted by Crippen LogP contribution is 2.28. The molecule has 0 radical (unpaired) electrons. The van der Waals surface area contributed by atoms with E-state index in [2.05, 4.69) is 21.2 Å². The molecular formula is C14H12BrFN2O2. The molecule has 0 aliphatic carbocycles. The lowest BCUT2D eigenvalue weighted by Crippen LogP contribution is -2.05. The SMILES string of the molecule is Cc1cccc(NCc2cc(Br)ccc2F)c1[N+](=O)[O-]. The van der Waals surface area contributed by atoms with Gasteiger partial charge in [-0.05, 0) is 31.2 Å². The Morgan fingerprint density at radius 2 is 2.10 bits per heavy atom. The van der Waals surface area contributed by atoms with Crippen LogP contribution in [0.15, 0.2) is 40.9 Å². The highest BCUT2D eigenvalue weighted by atomic mass is 79.9. The third kappa shape index (κ3) is 3.14. The van der Waals surface area contributed by atoms with E-state index in [0.717, 1.165) is 4.47 Å². The van der Waals surface area contributed by atoms with E-state index < -0.39 is 4.92 Å². The van der Waals surface area contributed by atoms with Gasteiger partial charge in [-0.2, -0.15) is 0 Å². The zero-order chi connectivity index (χ0) is 14.7. The Balaban J connectivity index is 2.25. The van der Waals surface area contributed by atoms with E-state index in [1.165, 1.54) is 6.07 Å². The number of nitrogens with one attached hydrogen (secondary N) is 1. The van der Waals surface area contributed by atoms with Gasteiger partial charge in [0.2, 0.25) is 0 Å². The summed E-state index contributed by atoms with van der Waals surface area (Å²) in [5.41, 5.74) is 1.40. The first-order chi connectivity index (χ1) is 9.49. The van der Waals surface area contributed by atoms with Gasteiger partial charge in [0, 0.05) is 22.1 Å². The average molecular weight is 339 g/mol. The first-order valence-corrected chi connectivity index (χ1v) is 6.70. The van der Waals surface area contributed by atoms with Crippen LogP contribution in [0.5, 0.6) is 0 Å². The fraction of sp³-hybridized carbons (Fsp3) is 0.143.